The Morgan fingerprint density at radius 2 is 1.69 bits per heavy atom. The van der Waals surface area contributed by atoms with Crippen LogP contribution >= 0.6 is 22.9 Å². The van der Waals surface area contributed by atoms with Crippen LogP contribution in [0, 0.1) is 39.9 Å². The average Bonchev–Trinajstić information content (AvgIpc) is 3.93. The molecule has 1 aromatic heterocycles. The van der Waals surface area contributed by atoms with Crippen LogP contribution in [0.5, 0.6) is 5.75 Å². The number of benzene rings is 3. The lowest BCUT2D eigenvalue weighted by Gasteiger charge is -2.63. The van der Waals surface area contributed by atoms with E-state index < -0.39 is 46.2 Å². The molecule has 0 radical (unpaired) electrons. The summed E-state index contributed by atoms with van der Waals surface area (Å²) in [5.74, 6) is -0.862. The van der Waals surface area contributed by atoms with Gasteiger partial charge in [0.1, 0.15) is 36.6 Å². The Kier molecular flexibility index (Phi) is 16.2. The number of aromatic nitrogens is 1. The first-order chi connectivity index (χ1) is 33.5. The molecule has 7 rings (SSSR count). The van der Waals surface area contributed by atoms with Gasteiger partial charge in [-0.2, -0.15) is 5.26 Å². The summed E-state index contributed by atoms with van der Waals surface area (Å²) in [6.07, 6.45) is 0.451. The zero-order valence-corrected chi connectivity index (χ0v) is 43.8. The molecule has 1 unspecified atom stereocenters. The van der Waals surface area contributed by atoms with Gasteiger partial charge in [-0.1, -0.05) is 84.3 Å². The number of thiazole rings is 1. The van der Waals surface area contributed by atoms with Crippen molar-refractivity contribution in [1.29, 1.82) is 5.26 Å². The van der Waals surface area contributed by atoms with Gasteiger partial charge in [-0.05, 0) is 79.6 Å². The molecule has 4 atom stereocenters. The standard InChI is InChI=1S/C54H68ClN7O8S/c1-32(34-10-12-35(13-11-34)44-33(2)58-31-71-44)59-47(66)42-24-39(63)27-62(42)48(67)45(51(3,4)5)60-43(64)28-68-23-21-54(29-69-30-54)20-22-57-38-17-14-36(15-18-38)46(65)61-49-52(6,7)50(53(49,8)9)70-40-19-16-37(26-56)41(55)25-40/h10-19,25,31-32,39,42,45,49-50,57,63H,20-24,27-30H2,1-9H3,(H,59,66)(H,60,64)(H,61,65)/t32?,39-,42+,45-,49?,50?/m1/s1. The van der Waals surface area contributed by atoms with Crippen molar-refractivity contribution < 1.29 is 38.5 Å². The molecule has 15 nitrogen and oxygen atoms in total. The van der Waals surface area contributed by atoms with Crippen LogP contribution in [0.2, 0.25) is 5.02 Å². The van der Waals surface area contributed by atoms with Crippen molar-refractivity contribution in [1.82, 2.24) is 25.8 Å². The number of hydrogen-bond acceptors (Lipinski definition) is 12. The Morgan fingerprint density at radius 3 is 2.28 bits per heavy atom. The van der Waals surface area contributed by atoms with Crippen LogP contribution in [0.3, 0.4) is 0 Å². The number of aryl methyl sites for hydroxylation is 1. The number of nitrogens with one attached hydrogen (secondary N) is 4. The summed E-state index contributed by atoms with van der Waals surface area (Å²) in [5.41, 5.74) is 4.90. The number of aliphatic hydroxyl groups is 1. The summed E-state index contributed by atoms with van der Waals surface area (Å²) in [4.78, 5) is 61.5. The monoisotopic (exact) mass is 1010 g/mol. The molecule has 380 valence electrons. The molecule has 1 saturated carbocycles. The second-order valence-corrected chi connectivity index (χ2v) is 23.0. The summed E-state index contributed by atoms with van der Waals surface area (Å²) in [6, 6.07) is 20.0. The maximum Gasteiger partial charge on any atom is 0.251 e. The minimum absolute atomic E-state index is 0.0233. The van der Waals surface area contributed by atoms with Gasteiger partial charge in [0.15, 0.2) is 0 Å². The number of anilines is 1. The first kappa shape index (κ1) is 53.2. The van der Waals surface area contributed by atoms with Crippen molar-refractivity contribution >= 4 is 52.3 Å². The van der Waals surface area contributed by atoms with Gasteiger partial charge in [0.2, 0.25) is 17.7 Å². The van der Waals surface area contributed by atoms with Crippen LogP contribution < -0.4 is 26.0 Å². The van der Waals surface area contributed by atoms with Gasteiger partial charge in [0.05, 0.1) is 52.0 Å². The SMILES string of the molecule is Cc1ncsc1-c1ccc(C(C)NC(=O)[C@@H]2C[C@@H](O)CN2C(=O)[C@@H](NC(=O)COCCC2(CCNc3ccc(C(=O)NC4C(C)(C)C(Oc5ccc(C#N)c(Cl)c5)C4(C)C)cc3)COC2)C(C)(C)C)cc1. The summed E-state index contributed by atoms with van der Waals surface area (Å²) < 4.78 is 17.9. The van der Waals surface area contributed by atoms with Gasteiger partial charge < -0.3 is 45.5 Å². The zero-order chi connectivity index (χ0) is 51.5. The molecule has 4 amide bonds. The van der Waals surface area contributed by atoms with Gasteiger partial charge >= 0.3 is 0 Å². The van der Waals surface area contributed by atoms with E-state index >= 15 is 0 Å². The summed E-state index contributed by atoms with van der Waals surface area (Å²) in [7, 11) is 0. The van der Waals surface area contributed by atoms with Crippen LogP contribution in [0.15, 0.2) is 72.2 Å². The molecule has 3 aliphatic rings. The molecule has 17 heteroatoms. The fraction of sp³-hybridized carbons (Fsp3) is 0.519. The van der Waals surface area contributed by atoms with E-state index in [2.05, 4.69) is 60.0 Å². The molecule has 3 heterocycles. The fourth-order valence-corrected chi connectivity index (χ4v) is 11.5. The number of ether oxygens (including phenoxy) is 3. The van der Waals surface area contributed by atoms with Crippen LogP contribution in [0.25, 0.3) is 10.4 Å². The second kappa shape index (κ2) is 21.6. The summed E-state index contributed by atoms with van der Waals surface area (Å²) >= 11 is 7.83. The van der Waals surface area contributed by atoms with Crippen LogP contribution in [0.1, 0.15) is 108 Å². The highest BCUT2D eigenvalue weighted by Gasteiger charge is 2.64. The van der Waals surface area contributed by atoms with E-state index in [1.165, 1.54) is 4.90 Å². The summed E-state index contributed by atoms with van der Waals surface area (Å²) in [6.45, 7) is 19.5. The average molecular weight is 1010 g/mol. The lowest BCUT2D eigenvalue weighted by Crippen LogP contribution is -2.74. The number of aliphatic hydroxyl groups excluding tert-OH is 1. The molecule has 0 bridgehead atoms. The third-order valence-electron chi connectivity index (χ3n) is 14.4. The number of carbonyl (C=O) groups excluding carboxylic acids is 4. The quantitative estimate of drug-likeness (QED) is 0.0573. The number of halogens is 1. The number of nitriles is 1. The maximum absolute atomic E-state index is 14.2. The lowest BCUT2D eigenvalue weighted by molar-refractivity contribution is -0.164. The molecule has 2 aliphatic heterocycles. The zero-order valence-electron chi connectivity index (χ0n) is 42.2. The molecular formula is C54H68ClN7O8S. The number of rotatable bonds is 19. The van der Waals surface area contributed by atoms with Crippen molar-refractivity contribution in [3.8, 4) is 22.3 Å². The Labute approximate surface area is 426 Å². The Balaban J connectivity index is 0.841. The number of likely N-dealkylation sites (tertiary alicyclic amines) is 1. The highest BCUT2D eigenvalue weighted by molar-refractivity contribution is 7.13. The minimum atomic E-state index is -0.974. The molecule has 3 fully saturated rings. The van der Waals surface area contributed by atoms with Crippen LogP contribution in [-0.4, -0.2) is 108 Å². The number of β-amino-alcohol motifs (C(OH)–C–C–N with tert-alkyl or cyclic N) is 1. The van der Waals surface area contributed by atoms with E-state index in [0.717, 1.165) is 33.8 Å². The third-order valence-corrected chi connectivity index (χ3v) is 15.7. The highest BCUT2D eigenvalue weighted by atomic mass is 35.5. The molecular weight excluding hydrogens is 942 g/mol. The Hall–Kier alpha value is -5.57. The smallest absolute Gasteiger partial charge is 0.251 e. The highest BCUT2D eigenvalue weighted by Crippen LogP contribution is 2.55. The number of amides is 4. The van der Waals surface area contributed by atoms with Gasteiger partial charge in [0.25, 0.3) is 5.91 Å². The lowest BCUT2D eigenvalue weighted by atomic mass is 9.49. The molecule has 3 aromatic carbocycles. The van der Waals surface area contributed by atoms with E-state index in [1.807, 2.05) is 76.5 Å². The van der Waals surface area contributed by atoms with E-state index in [0.29, 0.717) is 54.7 Å². The van der Waals surface area contributed by atoms with Gasteiger partial charge in [-0.15, -0.1) is 11.3 Å². The van der Waals surface area contributed by atoms with E-state index in [4.69, 9.17) is 25.8 Å². The Morgan fingerprint density at radius 1 is 1.00 bits per heavy atom. The number of nitrogens with zero attached hydrogens (tertiary/aromatic N) is 3. The Bertz CT molecular complexity index is 2590. The molecule has 1 aliphatic carbocycles. The fourth-order valence-electron chi connectivity index (χ4n) is 10.5. The summed E-state index contributed by atoms with van der Waals surface area (Å²) in [5, 5.41) is 32.9. The second-order valence-electron chi connectivity index (χ2n) is 21.7. The van der Waals surface area contributed by atoms with Gasteiger partial charge in [0, 0.05) is 65.7 Å². The largest absolute Gasteiger partial charge is 0.489 e. The molecule has 2 saturated heterocycles. The minimum Gasteiger partial charge on any atom is -0.489 e. The van der Waals surface area contributed by atoms with Crippen LogP contribution in [0.4, 0.5) is 5.69 Å². The number of carbonyl (C=O) groups is 4. The van der Waals surface area contributed by atoms with Crippen molar-refractivity contribution in [2.45, 2.75) is 118 Å². The van der Waals surface area contributed by atoms with E-state index in [9.17, 15) is 29.5 Å². The molecule has 71 heavy (non-hydrogen) atoms. The van der Waals surface area contributed by atoms with Crippen LogP contribution in [-0.2, 0) is 23.9 Å². The predicted molar refractivity (Wildman–Crippen MR) is 274 cm³/mol. The van der Waals surface area contributed by atoms with Crippen molar-refractivity contribution in [2.24, 2.45) is 21.7 Å². The first-order valence-corrected chi connectivity index (χ1v) is 25.5. The van der Waals surface area contributed by atoms with Gasteiger partial charge in [-0.25, -0.2) is 4.98 Å². The van der Waals surface area contributed by atoms with Crippen molar-refractivity contribution in [3.05, 3.63) is 99.6 Å². The van der Waals surface area contributed by atoms with Crippen molar-refractivity contribution in [3.63, 3.8) is 0 Å². The van der Waals surface area contributed by atoms with E-state index in [-0.39, 0.29) is 55.0 Å². The molecule has 4 aromatic rings. The maximum atomic E-state index is 14.2. The predicted octanol–water partition coefficient (Wildman–Crippen LogP) is 7.85. The van der Waals surface area contributed by atoms with E-state index in [1.54, 1.807) is 41.7 Å². The normalized spacial score (nSPS) is 21.6. The number of hydrogen-bond donors (Lipinski definition) is 5. The first-order valence-electron chi connectivity index (χ1n) is 24.3. The topological polar surface area (TPSA) is 204 Å². The van der Waals surface area contributed by atoms with Crippen molar-refractivity contribution in [2.75, 3.05) is 44.8 Å². The molecule has 5 N–H and O–H groups in total. The third kappa shape index (κ3) is 12.0. The molecule has 0 spiro atoms. The van der Waals surface area contributed by atoms with Gasteiger partial charge in [-0.3, -0.25) is 19.2 Å².